The fraction of sp³-hybridized carbons (Fsp3) is 0.800. The first-order chi connectivity index (χ1) is 8.60. The van der Waals surface area contributed by atoms with Crippen molar-refractivity contribution < 1.29 is 0 Å². The van der Waals surface area contributed by atoms with E-state index >= 15 is 0 Å². The van der Waals surface area contributed by atoms with Crippen LogP contribution in [0.2, 0.25) is 0 Å². The third-order valence-corrected chi connectivity index (χ3v) is 4.89. The Labute approximate surface area is 115 Å². The molecule has 1 heterocycles. The molecule has 1 aromatic rings. The molecule has 1 unspecified atom stereocenters. The Morgan fingerprint density at radius 1 is 1.33 bits per heavy atom. The minimum Gasteiger partial charge on any atom is -0.309 e. The highest BCUT2D eigenvalue weighted by Crippen LogP contribution is 2.29. The second-order valence-corrected chi connectivity index (χ2v) is 7.10. The smallest absolute Gasteiger partial charge is 0.0959 e. The third-order valence-electron chi connectivity index (χ3n) is 3.56. The molecule has 0 aliphatic heterocycles. The summed E-state index contributed by atoms with van der Waals surface area (Å²) < 4.78 is 0. The first-order valence-corrected chi connectivity index (χ1v) is 8.13. The van der Waals surface area contributed by atoms with Gasteiger partial charge < -0.3 is 5.32 Å². The van der Waals surface area contributed by atoms with E-state index in [1.165, 1.54) is 34.8 Å². The molecule has 1 atom stereocenters. The fourth-order valence-electron chi connectivity index (χ4n) is 2.00. The molecule has 1 fully saturated rings. The van der Waals surface area contributed by atoms with Crippen molar-refractivity contribution in [2.75, 3.05) is 0 Å². The van der Waals surface area contributed by atoms with Crippen molar-refractivity contribution in [1.82, 2.24) is 10.3 Å². The van der Waals surface area contributed by atoms with E-state index in [1.807, 2.05) is 11.3 Å². The number of nitrogens with one attached hydrogen (secondary N) is 1. The van der Waals surface area contributed by atoms with Gasteiger partial charge >= 0.3 is 0 Å². The van der Waals surface area contributed by atoms with Crippen molar-refractivity contribution in [3.8, 4) is 0 Å². The Kier molecular flexibility index (Phi) is 4.79. The second-order valence-electron chi connectivity index (χ2n) is 5.98. The van der Waals surface area contributed by atoms with Crippen molar-refractivity contribution in [3.63, 3.8) is 0 Å². The molecule has 1 N–H and O–H groups in total. The van der Waals surface area contributed by atoms with Gasteiger partial charge in [-0.1, -0.05) is 27.7 Å². The highest BCUT2D eigenvalue weighted by molar-refractivity contribution is 7.11. The predicted molar refractivity (Wildman–Crippen MR) is 79.2 cm³/mol. The molecule has 18 heavy (non-hydrogen) atoms. The molecule has 0 saturated heterocycles. The molecule has 2 nitrogen and oxygen atoms in total. The van der Waals surface area contributed by atoms with E-state index in [-0.39, 0.29) is 0 Å². The molecule has 0 radical (unpaired) electrons. The summed E-state index contributed by atoms with van der Waals surface area (Å²) in [5.74, 6) is 1.30. The zero-order chi connectivity index (χ0) is 13.1. The molecule has 2 rings (SSSR count). The zero-order valence-electron chi connectivity index (χ0n) is 12.1. The van der Waals surface area contributed by atoms with Crippen LogP contribution in [0.1, 0.15) is 68.5 Å². The molecule has 1 aliphatic carbocycles. The Morgan fingerprint density at radius 3 is 2.61 bits per heavy atom. The van der Waals surface area contributed by atoms with E-state index in [0.717, 1.165) is 19.0 Å². The summed E-state index contributed by atoms with van der Waals surface area (Å²) in [7, 11) is 0. The van der Waals surface area contributed by atoms with Gasteiger partial charge in [-0.2, -0.15) is 0 Å². The summed E-state index contributed by atoms with van der Waals surface area (Å²) >= 11 is 1.93. The van der Waals surface area contributed by atoms with Crippen molar-refractivity contribution >= 4 is 11.3 Å². The van der Waals surface area contributed by atoms with E-state index in [0.29, 0.717) is 11.8 Å². The van der Waals surface area contributed by atoms with Gasteiger partial charge in [-0.05, 0) is 31.6 Å². The van der Waals surface area contributed by atoms with Crippen LogP contribution < -0.4 is 5.32 Å². The average molecular weight is 266 g/mol. The number of hydrogen-bond donors (Lipinski definition) is 1. The number of hydrogen-bond acceptors (Lipinski definition) is 3. The fourth-order valence-corrected chi connectivity index (χ4v) is 3.18. The largest absolute Gasteiger partial charge is 0.309 e. The maximum absolute atomic E-state index is 4.90. The molecule has 1 saturated carbocycles. The Hall–Kier alpha value is -0.410. The second kappa shape index (κ2) is 6.16. The summed E-state index contributed by atoms with van der Waals surface area (Å²) in [5, 5.41) is 4.96. The summed E-state index contributed by atoms with van der Waals surface area (Å²) in [6, 6.07) is 0.783. The van der Waals surface area contributed by atoms with Gasteiger partial charge in [0, 0.05) is 23.4 Å². The van der Waals surface area contributed by atoms with E-state index in [2.05, 4.69) is 33.0 Å². The zero-order valence-corrected chi connectivity index (χ0v) is 12.9. The van der Waals surface area contributed by atoms with Gasteiger partial charge in [-0.15, -0.1) is 11.3 Å². The Morgan fingerprint density at radius 2 is 2.06 bits per heavy atom. The number of nitrogens with zero attached hydrogens (tertiary/aromatic N) is 1. The molecule has 0 bridgehead atoms. The van der Waals surface area contributed by atoms with Crippen LogP contribution in [0.15, 0.2) is 0 Å². The topological polar surface area (TPSA) is 24.9 Å². The van der Waals surface area contributed by atoms with E-state index in [1.54, 1.807) is 0 Å². The van der Waals surface area contributed by atoms with Crippen molar-refractivity contribution in [1.29, 1.82) is 0 Å². The van der Waals surface area contributed by atoms with Crippen LogP contribution in [0.5, 0.6) is 0 Å². The summed E-state index contributed by atoms with van der Waals surface area (Å²) in [6.07, 6.45) is 5.02. The molecule has 1 aliphatic rings. The van der Waals surface area contributed by atoms with Gasteiger partial charge in [0.2, 0.25) is 0 Å². The van der Waals surface area contributed by atoms with Gasteiger partial charge in [0.25, 0.3) is 0 Å². The lowest BCUT2D eigenvalue weighted by Crippen LogP contribution is -2.15. The summed E-state index contributed by atoms with van der Waals surface area (Å²) in [6.45, 7) is 10.1. The van der Waals surface area contributed by atoms with Crippen LogP contribution in [-0.4, -0.2) is 11.0 Å². The van der Waals surface area contributed by atoms with Crippen LogP contribution in [0.25, 0.3) is 0 Å². The highest BCUT2D eigenvalue weighted by Gasteiger charge is 2.22. The maximum atomic E-state index is 4.90. The first kappa shape index (κ1) is 14.0. The quantitative estimate of drug-likeness (QED) is 0.803. The minimum atomic E-state index is 0.607. The molecule has 0 amide bonds. The van der Waals surface area contributed by atoms with Crippen molar-refractivity contribution in [2.45, 2.75) is 71.9 Å². The lowest BCUT2D eigenvalue weighted by atomic mass is 10.1. The first-order valence-electron chi connectivity index (χ1n) is 7.32. The molecule has 3 heteroatoms. The number of aromatic nitrogens is 1. The summed E-state index contributed by atoms with van der Waals surface area (Å²) in [5.41, 5.74) is 1.35. The van der Waals surface area contributed by atoms with Crippen LogP contribution in [0.3, 0.4) is 0 Å². The van der Waals surface area contributed by atoms with Crippen molar-refractivity contribution in [2.24, 2.45) is 5.92 Å². The van der Waals surface area contributed by atoms with Gasteiger partial charge in [0.1, 0.15) is 0 Å². The van der Waals surface area contributed by atoms with E-state index in [9.17, 15) is 0 Å². The third kappa shape index (κ3) is 3.79. The van der Waals surface area contributed by atoms with E-state index < -0.39 is 0 Å². The molecular weight excluding hydrogens is 240 g/mol. The van der Waals surface area contributed by atoms with E-state index in [4.69, 9.17) is 4.98 Å². The lowest BCUT2D eigenvalue weighted by molar-refractivity contribution is 0.619. The SMILES string of the molecule is CCC(C)c1nc(CC(C)C)c(CNC2CC2)s1. The number of rotatable bonds is 7. The molecule has 0 aromatic carbocycles. The highest BCUT2D eigenvalue weighted by atomic mass is 32.1. The van der Waals surface area contributed by atoms with Gasteiger partial charge in [-0.25, -0.2) is 4.98 Å². The molecular formula is C15H26N2S. The monoisotopic (exact) mass is 266 g/mol. The van der Waals surface area contributed by atoms with Crippen LogP contribution >= 0.6 is 11.3 Å². The standard InChI is InChI=1S/C15H26N2S/c1-5-11(4)15-17-13(8-10(2)3)14(18-15)9-16-12-6-7-12/h10-12,16H,5-9H2,1-4H3. The Bertz CT molecular complexity index is 380. The van der Waals surface area contributed by atoms with Crippen LogP contribution in [0, 0.1) is 5.92 Å². The predicted octanol–water partition coefficient (Wildman–Crippen LogP) is 4.11. The minimum absolute atomic E-state index is 0.607. The summed E-state index contributed by atoms with van der Waals surface area (Å²) in [4.78, 5) is 6.38. The Balaban J connectivity index is 2.08. The normalized spacial score (nSPS) is 17.4. The maximum Gasteiger partial charge on any atom is 0.0959 e. The van der Waals surface area contributed by atoms with Crippen LogP contribution in [0.4, 0.5) is 0 Å². The molecule has 102 valence electrons. The van der Waals surface area contributed by atoms with Crippen LogP contribution in [-0.2, 0) is 13.0 Å². The van der Waals surface area contributed by atoms with Gasteiger partial charge in [0.05, 0.1) is 10.7 Å². The van der Waals surface area contributed by atoms with Gasteiger partial charge in [0.15, 0.2) is 0 Å². The van der Waals surface area contributed by atoms with Crippen molar-refractivity contribution in [3.05, 3.63) is 15.6 Å². The number of thiazole rings is 1. The molecule has 0 spiro atoms. The molecule has 1 aromatic heterocycles. The average Bonchev–Trinajstić information content (AvgIpc) is 3.07. The van der Waals surface area contributed by atoms with Gasteiger partial charge in [-0.3, -0.25) is 0 Å². The lowest BCUT2D eigenvalue weighted by Gasteiger charge is -2.05.